The van der Waals surface area contributed by atoms with E-state index in [4.69, 9.17) is 9.47 Å². The van der Waals surface area contributed by atoms with E-state index >= 15 is 0 Å². The van der Waals surface area contributed by atoms with Gasteiger partial charge in [-0.15, -0.1) is 11.3 Å². The Morgan fingerprint density at radius 3 is 2.50 bits per heavy atom. The van der Waals surface area contributed by atoms with Crippen LogP contribution in [0, 0.1) is 11.3 Å². The lowest BCUT2D eigenvalue weighted by atomic mass is 10.1. The van der Waals surface area contributed by atoms with Crippen molar-refractivity contribution in [3.8, 4) is 28.1 Å². The van der Waals surface area contributed by atoms with Gasteiger partial charge in [0.2, 0.25) is 0 Å². The molecular formula is C15H16N2O2S. The number of hydrogen-bond donors (Lipinski definition) is 0. The summed E-state index contributed by atoms with van der Waals surface area (Å²) in [5.74, 6) is 1.67. The third-order valence-corrected chi connectivity index (χ3v) is 3.95. The summed E-state index contributed by atoms with van der Waals surface area (Å²) in [5, 5.41) is 10.00. The van der Waals surface area contributed by atoms with Crippen molar-refractivity contribution in [2.45, 2.75) is 19.8 Å². The number of thiazole rings is 1. The predicted molar refractivity (Wildman–Crippen MR) is 79.5 cm³/mol. The van der Waals surface area contributed by atoms with Crippen LogP contribution in [0.4, 0.5) is 0 Å². The Morgan fingerprint density at radius 2 is 2.00 bits per heavy atom. The van der Waals surface area contributed by atoms with Crippen LogP contribution in [0.1, 0.15) is 30.3 Å². The number of benzene rings is 1. The molecule has 2 rings (SSSR count). The molecule has 0 aliphatic rings. The highest BCUT2D eigenvalue weighted by Crippen LogP contribution is 2.38. The molecule has 1 aromatic heterocycles. The van der Waals surface area contributed by atoms with Gasteiger partial charge in [0.05, 0.1) is 25.5 Å². The molecule has 0 saturated carbocycles. The second-order valence-corrected chi connectivity index (χ2v) is 5.57. The number of nitrogens with zero attached hydrogens (tertiary/aromatic N) is 2. The van der Waals surface area contributed by atoms with Crippen molar-refractivity contribution in [2.24, 2.45) is 0 Å². The second kappa shape index (κ2) is 5.93. The third kappa shape index (κ3) is 2.61. The van der Waals surface area contributed by atoms with Gasteiger partial charge in [0.15, 0.2) is 0 Å². The van der Waals surface area contributed by atoms with E-state index in [1.807, 2.05) is 32.0 Å². The first-order valence-corrected chi connectivity index (χ1v) is 7.05. The van der Waals surface area contributed by atoms with Gasteiger partial charge in [0.25, 0.3) is 0 Å². The number of rotatable bonds is 4. The van der Waals surface area contributed by atoms with E-state index in [0.717, 1.165) is 27.8 Å². The van der Waals surface area contributed by atoms with E-state index in [2.05, 4.69) is 11.1 Å². The number of hydrogen-bond acceptors (Lipinski definition) is 5. The molecule has 0 aliphatic heterocycles. The van der Waals surface area contributed by atoms with E-state index in [9.17, 15) is 5.26 Å². The standard InChI is InChI=1S/C15H16N2O2S/c1-9(2)14-13(8-16)20-15(17-14)11-7-10(18-3)5-6-12(11)19-4/h5-7,9H,1-4H3. The van der Waals surface area contributed by atoms with Crippen molar-refractivity contribution in [3.05, 3.63) is 28.8 Å². The van der Waals surface area contributed by atoms with Gasteiger partial charge in [0.1, 0.15) is 27.5 Å². The molecule has 1 heterocycles. The lowest BCUT2D eigenvalue weighted by Gasteiger charge is -2.08. The molecule has 5 heteroatoms. The second-order valence-electron chi connectivity index (χ2n) is 4.57. The Balaban J connectivity index is 2.59. The third-order valence-electron chi connectivity index (χ3n) is 2.94. The molecule has 0 aliphatic carbocycles. The van der Waals surface area contributed by atoms with Crippen molar-refractivity contribution in [3.63, 3.8) is 0 Å². The number of nitriles is 1. The lowest BCUT2D eigenvalue weighted by Crippen LogP contribution is -1.92. The van der Waals surface area contributed by atoms with Crippen LogP contribution in [0.15, 0.2) is 18.2 Å². The Labute approximate surface area is 122 Å². The molecule has 20 heavy (non-hydrogen) atoms. The smallest absolute Gasteiger partial charge is 0.129 e. The summed E-state index contributed by atoms with van der Waals surface area (Å²) in [4.78, 5) is 5.25. The van der Waals surface area contributed by atoms with Crippen LogP contribution in [0.3, 0.4) is 0 Å². The van der Waals surface area contributed by atoms with Crippen molar-refractivity contribution >= 4 is 11.3 Å². The molecule has 0 saturated heterocycles. The summed E-state index contributed by atoms with van der Waals surface area (Å²) in [6.45, 7) is 4.06. The van der Waals surface area contributed by atoms with Crippen LogP contribution >= 0.6 is 11.3 Å². The van der Waals surface area contributed by atoms with Crippen LogP contribution in [0.25, 0.3) is 10.6 Å². The maximum atomic E-state index is 9.22. The summed E-state index contributed by atoms with van der Waals surface area (Å²) >= 11 is 1.38. The monoisotopic (exact) mass is 288 g/mol. The fraction of sp³-hybridized carbons (Fsp3) is 0.333. The molecule has 0 fully saturated rings. The van der Waals surface area contributed by atoms with Crippen LogP contribution < -0.4 is 9.47 Å². The van der Waals surface area contributed by atoms with E-state index in [1.54, 1.807) is 14.2 Å². The molecule has 0 unspecified atom stereocenters. The summed E-state index contributed by atoms with van der Waals surface area (Å²) in [6.07, 6.45) is 0. The zero-order valence-corrected chi connectivity index (χ0v) is 12.7. The maximum absolute atomic E-state index is 9.22. The lowest BCUT2D eigenvalue weighted by molar-refractivity contribution is 0.404. The van der Waals surface area contributed by atoms with Crippen LogP contribution in [0.5, 0.6) is 11.5 Å². The Kier molecular flexibility index (Phi) is 4.26. The minimum atomic E-state index is 0.214. The molecular weight excluding hydrogens is 272 g/mol. The van der Waals surface area contributed by atoms with E-state index in [1.165, 1.54) is 11.3 Å². The number of ether oxygens (including phenoxy) is 2. The van der Waals surface area contributed by atoms with Gasteiger partial charge >= 0.3 is 0 Å². The molecule has 0 bridgehead atoms. The average Bonchev–Trinajstić information content (AvgIpc) is 2.90. The average molecular weight is 288 g/mol. The SMILES string of the molecule is COc1ccc(OC)c(-c2nc(C(C)C)c(C#N)s2)c1. The fourth-order valence-electron chi connectivity index (χ4n) is 1.90. The summed E-state index contributed by atoms with van der Waals surface area (Å²) < 4.78 is 10.6. The van der Waals surface area contributed by atoms with Gasteiger partial charge in [0, 0.05) is 0 Å². The fourth-order valence-corrected chi connectivity index (χ4v) is 2.94. The first kappa shape index (κ1) is 14.4. The highest BCUT2D eigenvalue weighted by atomic mass is 32.1. The molecule has 0 amide bonds. The topological polar surface area (TPSA) is 55.1 Å². The highest BCUT2D eigenvalue weighted by Gasteiger charge is 2.18. The van der Waals surface area contributed by atoms with Gasteiger partial charge in [-0.2, -0.15) is 5.26 Å². The summed E-state index contributed by atoms with van der Waals surface area (Å²) in [5.41, 5.74) is 1.68. The minimum Gasteiger partial charge on any atom is -0.497 e. The first-order valence-electron chi connectivity index (χ1n) is 6.24. The van der Waals surface area contributed by atoms with Crippen LogP contribution in [0.2, 0.25) is 0 Å². The summed E-state index contributed by atoms with van der Waals surface area (Å²) in [7, 11) is 3.24. The maximum Gasteiger partial charge on any atom is 0.129 e. The Morgan fingerprint density at radius 1 is 1.25 bits per heavy atom. The van der Waals surface area contributed by atoms with Crippen molar-refractivity contribution in [1.29, 1.82) is 5.26 Å². The molecule has 1 aromatic carbocycles. The first-order chi connectivity index (χ1) is 9.60. The van der Waals surface area contributed by atoms with Gasteiger partial charge in [-0.05, 0) is 24.1 Å². The molecule has 104 valence electrons. The highest BCUT2D eigenvalue weighted by molar-refractivity contribution is 7.15. The zero-order valence-electron chi connectivity index (χ0n) is 11.9. The van der Waals surface area contributed by atoms with Gasteiger partial charge in [-0.25, -0.2) is 4.98 Å². The van der Waals surface area contributed by atoms with Crippen molar-refractivity contribution < 1.29 is 9.47 Å². The van der Waals surface area contributed by atoms with E-state index in [0.29, 0.717) is 4.88 Å². The normalized spacial score (nSPS) is 10.4. The quantitative estimate of drug-likeness (QED) is 0.858. The predicted octanol–water partition coefficient (Wildman–Crippen LogP) is 3.82. The molecule has 0 radical (unpaired) electrons. The molecule has 0 spiro atoms. The van der Waals surface area contributed by atoms with E-state index < -0.39 is 0 Å². The molecule has 2 aromatic rings. The van der Waals surface area contributed by atoms with Crippen LogP contribution in [-0.2, 0) is 0 Å². The number of methoxy groups -OCH3 is 2. The van der Waals surface area contributed by atoms with Crippen molar-refractivity contribution in [1.82, 2.24) is 4.98 Å². The largest absolute Gasteiger partial charge is 0.497 e. The van der Waals surface area contributed by atoms with E-state index in [-0.39, 0.29) is 5.92 Å². The Bertz CT molecular complexity index is 656. The molecule has 0 atom stereocenters. The van der Waals surface area contributed by atoms with Crippen molar-refractivity contribution in [2.75, 3.05) is 14.2 Å². The number of aromatic nitrogens is 1. The van der Waals surface area contributed by atoms with Gasteiger partial charge < -0.3 is 9.47 Å². The molecule has 0 N–H and O–H groups in total. The van der Waals surface area contributed by atoms with Gasteiger partial charge in [-0.3, -0.25) is 0 Å². The summed E-state index contributed by atoms with van der Waals surface area (Å²) in [6, 6.07) is 7.78. The van der Waals surface area contributed by atoms with Crippen LogP contribution in [-0.4, -0.2) is 19.2 Å². The van der Waals surface area contributed by atoms with Gasteiger partial charge in [-0.1, -0.05) is 13.8 Å². The molecule has 4 nitrogen and oxygen atoms in total. The minimum absolute atomic E-state index is 0.214. The Hall–Kier alpha value is -2.06. The zero-order chi connectivity index (χ0) is 14.7.